The number of fused-ring (bicyclic) bond motifs is 1. The Bertz CT molecular complexity index is 1180. The molecule has 144 valence electrons. The molecule has 4 aromatic rings. The molecular weight excluding hydrogens is 369 g/mol. The number of hydrogen-bond acceptors (Lipinski definition) is 4. The second-order valence-electron chi connectivity index (χ2n) is 6.41. The predicted octanol–water partition coefficient (Wildman–Crippen LogP) is 5.18. The van der Waals surface area contributed by atoms with E-state index in [9.17, 15) is 9.18 Å². The van der Waals surface area contributed by atoms with Gasteiger partial charge in [0.05, 0.1) is 23.1 Å². The first-order chi connectivity index (χ1) is 14.2. The van der Waals surface area contributed by atoms with Crippen LogP contribution < -0.4 is 5.43 Å². The highest BCUT2D eigenvalue weighted by Gasteiger charge is 2.15. The molecule has 0 saturated carbocycles. The Kier molecular flexibility index (Phi) is 5.16. The summed E-state index contributed by atoms with van der Waals surface area (Å²) in [6.07, 6.45) is 2.15. The van der Waals surface area contributed by atoms with Gasteiger partial charge in [0.15, 0.2) is 5.76 Å². The maximum atomic E-state index is 13.2. The SMILES string of the molecule is CC/C(=N/NC(=O)c1cc(-c2ccco2)nc2ccccc12)c1ccc(F)cc1. The number of benzene rings is 2. The lowest BCUT2D eigenvalue weighted by Gasteiger charge is -2.09. The first kappa shape index (κ1) is 18.6. The molecule has 0 bridgehead atoms. The monoisotopic (exact) mass is 387 g/mol. The Morgan fingerprint density at radius 1 is 1.10 bits per heavy atom. The lowest BCUT2D eigenvalue weighted by molar-refractivity contribution is 0.0956. The molecule has 6 heteroatoms. The Morgan fingerprint density at radius 3 is 2.62 bits per heavy atom. The standard InChI is InChI=1S/C23H18FN3O2/c1-2-19(15-9-11-16(24)12-10-15)26-27-23(28)18-14-21(22-8-5-13-29-22)25-20-7-4-3-6-17(18)20/h3-14H,2H2,1H3,(H,27,28)/b26-19-. The van der Waals surface area contributed by atoms with Gasteiger partial charge in [0, 0.05) is 5.39 Å². The molecule has 0 saturated heterocycles. The lowest BCUT2D eigenvalue weighted by atomic mass is 10.1. The van der Waals surface area contributed by atoms with E-state index in [0.29, 0.717) is 34.7 Å². The molecule has 0 radical (unpaired) electrons. The Morgan fingerprint density at radius 2 is 1.90 bits per heavy atom. The summed E-state index contributed by atoms with van der Waals surface area (Å²) in [7, 11) is 0. The van der Waals surface area contributed by atoms with Gasteiger partial charge in [0.2, 0.25) is 0 Å². The van der Waals surface area contributed by atoms with Crippen molar-refractivity contribution >= 4 is 22.5 Å². The number of para-hydroxylation sites is 1. The largest absolute Gasteiger partial charge is 0.463 e. The molecule has 29 heavy (non-hydrogen) atoms. The number of pyridine rings is 1. The molecule has 5 nitrogen and oxygen atoms in total. The van der Waals surface area contributed by atoms with Crippen molar-refractivity contribution in [2.45, 2.75) is 13.3 Å². The van der Waals surface area contributed by atoms with E-state index in [1.165, 1.54) is 12.1 Å². The summed E-state index contributed by atoms with van der Waals surface area (Å²) in [5.74, 6) is -0.0970. The molecule has 1 N–H and O–H groups in total. The first-order valence-corrected chi connectivity index (χ1v) is 9.22. The van der Waals surface area contributed by atoms with Crippen molar-refractivity contribution < 1.29 is 13.6 Å². The third kappa shape index (κ3) is 3.91. The lowest BCUT2D eigenvalue weighted by Crippen LogP contribution is -2.20. The summed E-state index contributed by atoms with van der Waals surface area (Å²) >= 11 is 0. The van der Waals surface area contributed by atoms with E-state index in [-0.39, 0.29) is 11.7 Å². The van der Waals surface area contributed by atoms with Crippen molar-refractivity contribution in [1.29, 1.82) is 0 Å². The third-order valence-corrected chi connectivity index (χ3v) is 4.54. The van der Waals surface area contributed by atoms with Gasteiger partial charge in [0.1, 0.15) is 11.5 Å². The molecule has 1 amide bonds. The van der Waals surface area contributed by atoms with Crippen molar-refractivity contribution in [3.63, 3.8) is 0 Å². The Labute approximate surface area is 166 Å². The average Bonchev–Trinajstić information content (AvgIpc) is 3.29. The van der Waals surface area contributed by atoms with Crippen LogP contribution in [0.15, 0.2) is 82.5 Å². The fourth-order valence-corrected chi connectivity index (χ4v) is 3.08. The summed E-state index contributed by atoms with van der Waals surface area (Å²) in [6, 6.07) is 18.7. The van der Waals surface area contributed by atoms with Crippen LogP contribution in [0.2, 0.25) is 0 Å². The van der Waals surface area contributed by atoms with E-state index in [4.69, 9.17) is 4.42 Å². The van der Waals surface area contributed by atoms with Gasteiger partial charge >= 0.3 is 0 Å². The van der Waals surface area contributed by atoms with Gasteiger partial charge in [-0.15, -0.1) is 0 Å². The molecule has 0 atom stereocenters. The molecule has 0 spiro atoms. The van der Waals surface area contributed by atoms with Crippen LogP contribution in [0.4, 0.5) is 4.39 Å². The highest BCUT2D eigenvalue weighted by Crippen LogP contribution is 2.25. The zero-order valence-corrected chi connectivity index (χ0v) is 15.7. The summed E-state index contributed by atoms with van der Waals surface area (Å²) in [6.45, 7) is 1.92. The Hall–Kier alpha value is -3.80. The molecule has 2 aromatic heterocycles. The van der Waals surface area contributed by atoms with Gasteiger partial charge in [-0.2, -0.15) is 5.10 Å². The van der Waals surface area contributed by atoms with E-state index in [1.54, 1.807) is 36.6 Å². The number of rotatable bonds is 5. The number of halogens is 1. The number of amides is 1. The number of carbonyl (C=O) groups is 1. The molecule has 0 aliphatic rings. The molecule has 4 rings (SSSR count). The number of furan rings is 1. The van der Waals surface area contributed by atoms with Crippen LogP contribution in [0.5, 0.6) is 0 Å². The molecule has 0 aliphatic carbocycles. The summed E-state index contributed by atoms with van der Waals surface area (Å²) < 4.78 is 18.6. The second-order valence-corrected chi connectivity index (χ2v) is 6.41. The quantitative estimate of drug-likeness (QED) is 0.379. The molecule has 0 aliphatic heterocycles. The van der Waals surface area contributed by atoms with E-state index < -0.39 is 0 Å². The summed E-state index contributed by atoms with van der Waals surface area (Å²) in [5, 5.41) is 4.99. The highest BCUT2D eigenvalue weighted by molar-refractivity contribution is 6.08. The topological polar surface area (TPSA) is 67.5 Å². The van der Waals surface area contributed by atoms with Crippen molar-refractivity contribution in [2.24, 2.45) is 5.10 Å². The van der Waals surface area contributed by atoms with Gasteiger partial charge in [0.25, 0.3) is 5.91 Å². The van der Waals surface area contributed by atoms with Crippen molar-refractivity contribution in [3.8, 4) is 11.5 Å². The fourth-order valence-electron chi connectivity index (χ4n) is 3.08. The summed E-state index contributed by atoms with van der Waals surface area (Å²) in [5.41, 5.74) is 5.73. The minimum absolute atomic E-state index is 0.318. The molecule has 0 fully saturated rings. The zero-order valence-electron chi connectivity index (χ0n) is 15.7. The smallest absolute Gasteiger partial charge is 0.272 e. The van der Waals surface area contributed by atoms with Crippen molar-refractivity contribution in [2.75, 3.05) is 0 Å². The van der Waals surface area contributed by atoms with Gasteiger partial charge in [-0.1, -0.05) is 37.3 Å². The molecule has 0 unspecified atom stereocenters. The van der Waals surface area contributed by atoms with E-state index in [1.807, 2.05) is 31.2 Å². The van der Waals surface area contributed by atoms with Gasteiger partial charge in [-0.05, 0) is 48.4 Å². The van der Waals surface area contributed by atoms with Crippen molar-refractivity contribution in [3.05, 3.63) is 89.9 Å². The van der Waals surface area contributed by atoms with E-state index in [0.717, 1.165) is 10.9 Å². The number of nitrogens with zero attached hydrogens (tertiary/aromatic N) is 2. The molecular formula is C23H18FN3O2. The number of hydrazone groups is 1. The number of aromatic nitrogens is 1. The van der Waals surface area contributed by atoms with Crippen LogP contribution in [0.25, 0.3) is 22.4 Å². The average molecular weight is 387 g/mol. The van der Waals surface area contributed by atoms with Crippen LogP contribution in [0.3, 0.4) is 0 Å². The fraction of sp³-hybridized carbons (Fsp3) is 0.0870. The summed E-state index contributed by atoms with van der Waals surface area (Å²) in [4.78, 5) is 17.5. The number of carbonyl (C=O) groups excluding carboxylic acids is 1. The first-order valence-electron chi connectivity index (χ1n) is 9.22. The van der Waals surface area contributed by atoms with E-state index >= 15 is 0 Å². The van der Waals surface area contributed by atoms with Gasteiger partial charge in [-0.25, -0.2) is 14.8 Å². The van der Waals surface area contributed by atoms with Crippen LogP contribution in [-0.4, -0.2) is 16.6 Å². The van der Waals surface area contributed by atoms with Gasteiger partial charge < -0.3 is 4.42 Å². The maximum Gasteiger partial charge on any atom is 0.272 e. The normalized spacial score (nSPS) is 11.6. The molecule has 2 heterocycles. The van der Waals surface area contributed by atoms with Crippen LogP contribution in [-0.2, 0) is 0 Å². The van der Waals surface area contributed by atoms with E-state index in [2.05, 4.69) is 15.5 Å². The van der Waals surface area contributed by atoms with Crippen molar-refractivity contribution in [1.82, 2.24) is 10.4 Å². The maximum absolute atomic E-state index is 13.2. The predicted molar refractivity (Wildman–Crippen MR) is 110 cm³/mol. The van der Waals surface area contributed by atoms with Crippen LogP contribution in [0.1, 0.15) is 29.3 Å². The number of nitrogens with one attached hydrogen (secondary N) is 1. The van der Waals surface area contributed by atoms with Gasteiger partial charge in [-0.3, -0.25) is 4.79 Å². The third-order valence-electron chi connectivity index (χ3n) is 4.54. The second kappa shape index (κ2) is 8.06. The Balaban J connectivity index is 1.70. The number of hydrogen-bond donors (Lipinski definition) is 1. The van der Waals surface area contributed by atoms with Crippen LogP contribution in [0, 0.1) is 5.82 Å². The molecule has 2 aromatic carbocycles. The highest BCUT2D eigenvalue weighted by atomic mass is 19.1. The minimum Gasteiger partial charge on any atom is -0.463 e. The zero-order chi connectivity index (χ0) is 20.2. The van der Waals surface area contributed by atoms with Crippen LogP contribution >= 0.6 is 0 Å². The minimum atomic E-state index is -0.357.